The van der Waals surface area contributed by atoms with Crippen LogP contribution in [0.3, 0.4) is 0 Å². The summed E-state index contributed by atoms with van der Waals surface area (Å²) in [5.74, 6) is -0.997. The van der Waals surface area contributed by atoms with Crippen LogP contribution >= 0.6 is 53.3 Å². The number of phenolic OH excluding ortho intramolecular Hbond substituents is 1. The van der Waals surface area contributed by atoms with Crippen LogP contribution in [0.5, 0.6) is 11.5 Å². The van der Waals surface area contributed by atoms with Crippen molar-refractivity contribution in [2.75, 3.05) is 41.8 Å². The van der Waals surface area contributed by atoms with E-state index in [2.05, 4.69) is 59.9 Å². The van der Waals surface area contributed by atoms with Gasteiger partial charge in [-0.2, -0.15) is 0 Å². The van der Waals surface area contributed by atoms with Gasteiger partial charge in [0.15, 0.2) is 5.78 Å². The number of esters is 2. The Morgan fingerprint density at radius 1 is 0.571 bits per heavy atom. The maximum Gasteiger partial charge on any atom is 0.643 e. The monoisotopic (exact) mass is 1070 g/mol. The highest BCUT2D eigenvalue weighted by Gasteiger charge is 2.28. The second-order valence-corrected chi connectivity index (χ2v) is 20.8. The number of carbonyl (C=O) groups excluding carboxylic acids is 3. The Labute approximate surface area is 443 Å². The number of anilines is 4. The van der Waals surface area contributed by atoms with E-state index >= 15 is 0 Å². The van der Waals surface area contributed by atoms with E-state index < -0.39 is 35.1 Å². The number of aromatic hydroxyl groups is 1. The zero-order chi connectivity index (χ0) is 48.1. The number of hydrogen-bond acceptors (Lipinski definition) is 9. The molecule has 0 amide bonds. The molecule has 2 N–H and O–H groups in total. The van der Waals surface area contributed by atoms with E-state index in [1.54, 1.807) is 49.6 Å². The van der Waals surface area contributed by atoms with Crippen molar-refractivity contribution in [3.05, 3.63) is 178 Å². The third-order valence-electron chi connectivity index (χ3n) is 9.25. The average Bonchev–Trinajstić information content (AvgIpc) is 3.60. The number of fused-ring (bicyclic) bond motifs is 1. The first kappa shape index (κ1) is 69.0. The maximum atomic E-state index is 12.8. The summed E-state index contributed by atoms with van der Waals surface area (Å²) in [6, 6.07) is 42.1. The second-order valence-electron chi connectivity index (χ2n) is 13.6. The largest absolute Gasteiger partial charge is 0.643 e. The standard InChI is InChI=1S/C23H21NO4.C16H19NO.C8H4O3.C2H4Cl2.5CH4.Al.3ClH/c1-3-24(16-10-8-15(2)9-11-16)17-12-13-20(21(25)14-17)22(26)18-6-4-5-7-19(18)23(27)28;1-4-17(14-10-8-13(2)9-11-14)15-6-5-7-16(12-15)18-3;9-7-5-3-1-2-4-6(5)8(10)11-7;3-1-2-4;;;;;;;;;/h4-14,25H,3H2,1-2H3,(H,27,28);5-12H,4H2,1-3H3;1-4H;1-2H2;5*1H4;;3*1H/q;;;;;;;;;+3;;;/p-3. The third-order valence-corrected chi connectivity index (χ3v) is 9.82. The first-order valence-corrected chi connectivity index (χ1v) is 26.3. The average molecular weight is 1080 g/mol. The molecular weight excluding hydrogens is 1010 g/mol. The molecule has 6 aromatic rings. The number of aromatic carboxylic acids is 1. The number of rotatable bonds is 11. The van der Waals surface area contributed by atoms with Crippen molar-refractivity contribution in [3.8, 4) is 11.5 Å². The molecule has 0 atom stereocenters. The number of halogens is 5. The number of hydrogen-bond donors (Lipinski definition) is 2. The Kier molecular flexibility index (Phi) is 35.3. The summed E-state index contributed by atoms with van der Waals surface area (Å²) in [5.41, 5.74) is 7.25. The van der Waals surface area contributed by atoms with E-state index in [-0.39, 0.29) is 59.6 Å². The minimum Gasteiger partial charge on any atom is -0.507 e. The molecule has 1 heterocycles. The number of benzene rings is 6. The molecule has 0 radical (unpaired) electrons. The molecule has 6 aromatic carbocycles. The third kappa shape index (κ3) is 21.0. The van der Waals surface area contributed by atoms with Gasteiger partial charge in [0.25, 0.3) is 0 Å². The predicted octanol–water partition coefficient (Wildman–Crippen LogP) is 16.3. The molecule has 16 heteroatoms. The summed E-state index contributed by atoms with van der Waals surface area (Å²) in [6.07, 6.45) is 0. The van der Waals surface area contributed by atoms with Crippen LogP contribution in [0.2, 0.25) is 0 Å². The summed E-state index contributed by atoms with van der Waals surface area (Å²) in [4.78, 5) is 50.1. The zero-order valence-corrected chi connectivity index (χ0v) is 41.2. The fourth-order valence-electron chi connectivity index (χ4n) is 6.18. The van der Waals surface area contributed by atoms with Gasteiger partial charge in [-0.3, -0.25) is 4.79 Å². The Hall–Kier alpha value is -5.22. The molecule has 70 heavy (non-hydrogen) atoms. The summed E-state index contributed by atoms with van der Waals surface area (Å²) >= 11 is 8.39. The van der Waals surface area contributed by atoms with Crippen molar-refractivity contribution in [3.63, 3.8) is 0 Å². The molecule has 0 bridgehead atoms. The van der Waals surface area contributed by atoms with Crippen molar-refractivity contribution in [1.82, 2.24) is 0 Å². The number of nitrogens with zero attached hydrogens (tertiary/aromatic N) is 2. The summed E-state index contributed by atoms with van der Waals surface area (Å²) in [5, 5.41) is 19.8. The van der Waals surface area contributed by atoms with Crippen LogP contribution < -0.4 is 14.5 Å². The molecule has 0 aromatic heterocycles. The molecule has 0 fully saturated rings. The lowest BCUT2D eigenvalue weighted by Crippen LogP contribution is -2.16. The van der Waals surface area contributed by atoms with Gasteiger partial charge in [0.2, 0.25) is 0 Å². The number of carboxylic acid groups (broad SMARTS) is 1. The Morgan fingerprint density at radius 2 is 0.971 bits per heavy atom. The molecule has 380 valence electrons. The summed E-state index contributed by atoms with van der Waals surface area (Å²) in [6.45, 7) is 9.87. The lowest BCUT2D eigenvalue weighted by atomic mass is 9.97. The lowest BCUT2D eigenvalue weighted by Gasteiger charge is -2.24. The van der Waals surface area contributed by atoms with Crippen molar-refractivity contribution in [2.24, 2.45) is 0 Å². The summed E-state index contributed by atoms with van der Waals surface area (Å²) in [7, 11) is 16.5. The number of ether oxygens (including phenoxy) is 2. The number of carboxylic acids is 1. The van der Waals surface area contributed by atoms with Crippen molar-refractivity contribution >= 4 is 111 Å². The normalized spacial score (nSPS) is 9.91. The Morgan fingerprint density at radius 3 is 1.36 bits per heavy atom. The number of alkyl halides is 2. The zero-order valence-electron chi connectivity index (χ0n) is 36.3. The van der Waals surface area contributed by atoms with Crippen LogP contribution in [0.4, 0.5) is 22.7 Å². The van der Waals surface area contributed by atoms with E-state index in [1.165, 1.54) is 35.5 Å². The number of phenols is 1. The molecule has 1 aliphatic heterocycles. The van der Waals surface area contributed by atoms with Gasteiger partial charge in [0.1, 0.15) is 11.5 Å². The topological polar surface area (TPSA) is 134 Å². The van der Waals surface area contributed by atoms with E-state index in [4.69, 9.17) is 58.1 Å². The Bertz CT molecular complexity index is 2460. The van der Waals surface area contributed by atoms with Gasteiger partial charge in [-0.1, -0.05) is 109 Å². The van der Waals surface area contributed by atoms with Crippen molar-refractivity contribution < 1.29 is 38.9 Å². The number of aryl methyl sites for hydroxylation is 2. The quantitative estimate of drug-likeness (QED) is 0.0425. The molecule has 0 aliphatic carbocycles. The smallest absolute Gasteiger partial charge is 0.507 e. The van der Waals surface area contributed by atoms with Crippen molar-refractivity contribution in [2.45, 2.75) is 64.8 Å². The van der Waals surface area contributed by atoms with Crippen LogP contribution in [-0.4, -0.2) is 77.2 Å². The van der Waals surface area contributed by atoms with Gasteiger partial charge in [-0.05, 0) is 94.4 Å². The number of cyclic esters (lactones) is 2. The highest BCUT2D eigenvalue weighted by molar-refractivity contribution is 7.54. The molecule has 1 aliphatic rings. The molecular formula is C54H68AlCl5N2O8. The van der Waals surface area contributed by atoms with Crippen LogP contribution in [0, 0.1) is 13.8 Å². The van der Waals surface area contributed by atoms with Gasteiger partial charge >= 0.3 is 29.3 Å². The van der Waals surface area contributed by atoms with Crippen LogP contribution in [0.1, 0.15) is 109 Å². The fraction of sp³-hybridized carbons (Fsp3) is 0.259. The van der Waals surface area contributed by atoms with Crippen LogP contribution in [0.15, 0.2) is 140 Å². The van der Waals surface area contributed by atoms with Crippen molar-refractivity contribution in [1.29, 1.82) is 0 Å². The van der Waals surface area contributed by atoms with E-state index in [0.717, 1.165) is 34.9 Å². The van der Waals surface area contributed by atoms with E-state index in [0.29, 0.717) is 29.4 Å². The van der Waals surface area contributed by atoms with Crippen LogP contribution in [0.25, 0.3) is 0 Å². The number of ketones is 1. The molecule has 0 unspecified atom stereocenters. The molecule has 10 nitrogen and oxygen atoms in total. The first-order chi connectivity index (χ1) is 31.1. The van der Waals surface area contributed by atoms with Gasteiger partial charge in [0, 0.05) is 65.3 Å². The lowest BCUT2D eigenvalue weighted by molar-refractivity contribution is 0.0442. The number of carbonyl (C=O) groups is 4. The van der Waals surface area contributed by atoms with Gasteiger partial charge in [-0.15, -0.1) is 23.2 Å². The fourth-order valence-corrected chi connectivity index (χ4v) is 6.18. The second kappa shape index (κ2) is 35.8. The highest BCUT2D eigenvalue weighted by Crippen LogP contribution is 2.32. The minimum atomic E-state index is -1.72. The van der Waals surface area contributed by atoms with Crippen LogP contribution in [-0.2, 0) is 4.74 Å². The summed E-state index contributed by atoms with van der Waals surface area (Å²) < 4.78 is 9.63. The highest BCUT2D eigenvalue weighted by atomic mass is 35.8. The Balaban J connectivity index is -0.000000921. The molecule has 7 rings (SSSR count). The molecule has 0 spiro atoms. The van der Waals surface area contributed by atoms with Gasteiger partial charge < -0.3 is 29.5 Å². The van der Waals surface area contributed by atoms with E-state index in [9.17, 15) is 29.4 Å². The SMILES string of the molecule is C.C.C.C.C.CCN(c1ccc(C)cc1)c1ccc(C(=O)c2ccccc2C(=O)O)c(O)c1.CCN(c1ccc(C)cc1)c1cccc(OC)c1.ClCCCl.O=C1OC(=O)c2ccccc21.[Cl][Al]([Cl])[Cl]. The number of methoxy groups -OCH3 is 1. The predicted molar refractivity (Wildman–Crippen MR) is 300 cm³/mol. The maximum absolute atomic E-state index is 12.8. The minimum absolute atomic E-state index is 0. The van der Waals surface area contributed by atoms with Gasteiger partial charge in [-0.25, -0.2) is 44.5 Å². The van der Waals surface area contributed by atoms with Gasteiger partial charge in [0.05, 0.1) is 29.4 Å². The molecule has 0 saturated carbocycles. The van der Waals surface area contributed by atoms with E-state index in [1.807, 2.05) is 55.1 Å². The first-order valence-electron chi connectivity index (χ1n) is 20.0. The molecule has 0 saturated heterocycles.